The summed E-state index contributed by atoms with van der Waals surface area (Å²) in [6.45, 7) is 11.2. The molecule has 3 atom stereocenters. The maximum Gasteiger partial charge on any atom is 0.0546 e. The Kier molecular flexibility index (Phi) is 5.23. The summed E-state index contributed by atoms with van der Waals surface area (Å²) in [6.07, 6.45) is 2.50. The van der Waals surface area contributed by atoms with E-state index in [1.54, 1.807) is 0 Å². The zero-order valence-corrected chi connectivity index (χ0v) is 13.1. The quantitative estimate of drug-likeness (QED) is 0.825. The topological polar surface area (TPSA) is 27.7 Å². The van der Waals surface area contributed by atoms with E-state index >= 15 is 0 Å². The fourth-order valence-electron chi connectivity index (χ4n) is 3.72. The first-order chi connectivity index (χ1) is 9.06. The molecule has 1 N–H and O–H groups in total. The van der Waals surface area contributed by atoms with Crippen molar-refractivity contribution in [1.29, 1.82) is 0 Å². The second-order valence-electron chi connectivity index (χ2n) is 6.74. The monoisotopic (exact) mass is 269 g/mol. The van der Waals surface area contributed by atoms with E-state index in [0.717, 1.165) is 19.8 Å². The van der Waals surface area contributed by atoms with Crippen LogP contribution in [0.15, 0.2) is 0 Å². The normalized spacial score (nSPS) is 38.5. The van der Waals surface area contributed by atoms with Gasteiger partial charge in [0.05, 0.1) is 6.61 Å². The second-order valence-corrected chi connectivity index (χ2v) is 6.74. The molecule has 2 rings (SSSR count). The number of piperazine rings is 1. The molecule has 19 heavy (non-hydrogen) atoms. The Morgan fingerprint density at radius 3 is 2.47 bits per heavy atom. The van der Waals surface area contributed by atoms with Crippen LogP contribution in [0.4, 0.5) is 0 Å². The Balaban J connectivity index is 1.97. The van der Waals surface area contributed by atoms with E-state index < -0.39 is 0 Å². The molecule has 2 aliphatic rings. The lowest BCUT2D eigenvalue weighted by molar-refractivity contribution is -0.0421. The number of hydrogen-bond acceptors (Lipinski definition) is 4. The summed E-state index contributed by atoms with van der Waals surface area (Å²) in [6, 6.07) is 1.31. The van der Waals surface area contributed by atoms with E-state index in [9.17, 15) is 0 Å². The zero-order chi connectivity index (χ0) is 13.9. The van der Waals surface area contributed by atoms with Gasteiger partial charge in [-0.1, -0.05) is 0 Å². The molecule has 0 aromatic carbocycles. The molecule has 0 aliphatic carbocycles. The Labute approximate surface area is 118 Å². The largest absolute Gasteiger partial charge is 0.381 e. The van der Waals surface area contributed by atoms with Gasteiger partial charge in [0.25, 0.3) is 0 Å². The molecule has 0 bridgehead atoms. The van der Waals surface area contributed by atoms with Crippen molar-refractivity contribution in [2.75, 3.05) is 53.5 Å². The molecule has 0 saturated carbocycles. The first kappa shape index (κ1) is 15.2. The van der Waals surface area contributed by atoms with Crippen molar-refractivity contribution in [3.63, 3.8) is 0 Å². The number of ether oxygens (including phenoxy) is 1. The van der Waals surface area contributed by atoms with Gasteiger partial charge in [-0.15, -0.1) is 0 Å². The van der Waals surface area contributed by atoms with E-state index in [2.05, 4.69) is 43.1 Å². The molecule has 4 nitrogen and oxygen atoms in total. The van der Waals surface area contributed by atoms with Crippen molar-refractivity contribution in [3.05, 3.63) is 0 Å². The summed E-state index contributed by atoms with van der Waals surface area (Å²) in [7, 11) is 4.31. The molecule has 0 amide bonds. The van der Waals surface area contributed by atoms with Gasteiger partial charge in [-0.3, -0.25) is 9.80 Å². The minimum absolute atomic E-state index is 0.322. The highest BCUT2D eigenvalue weighted by atomic mass is 16.5. The molecule has 2 fully saturated rings. The van der Waals surface area contributed by atoms with Crippen LogP contribution in [-0.4, -0.2) is 75.4 Å². The molecule has 0 spiro atoms. The molecule has 3 unspecified atom stereocenters. The van der Waals surface area contributed by atoms with Crippen LogP contribution in [0.25, 0.3) is 0 Å². The zero-order valence-electron chi connectivity index (χ0n) is 13.1. The van der Waals surface area contributed by atoms with Crippen LogP contribution >= 0.6 is 0 Å². The summed E-state index contributed by atoms with van der Waals surface area (Å²) in [5.74, 6) is 0. The fourth-order valence-corrected chi connectivity index (χ4v) is 3.72. The summed E-state index contributed by atoms with van der Waals surface area (Å²) in [4.78, 5) is 5.15. The number of nitrogens with zero attached hydrogens (tertiary/aromatic N) is 2. The SMILES string of the molecule is CNCC1(CN2CC(C)N(C)C(C)C2)CCCOC1. The number of hydrogen-bond donors (Lipinski definition) is 1. The lowest BCUT2D eigenvalue weighted by Gasteiger charge is -2.47. The highest BCUT2D eigenvalue weighted by Crippen LogP contribution is 2.30. The van der Waals surface area contributed by atoms with E-state index in [1.165, 1.54) is 32.5 Å². The van der Waals surface area contributed by atoms with Crippen LogP contribution in [0.3, 0.4) is 0 Å². The third kappa shape index (κ3) is 3.69. The minimum Gasteiger partial charge on any atom is -0.381 e. The second kappa shape index (κ2) is 6.53. The van der Waals surface area contributed by atoms with Gasteiger partial charge in [0.15, 0.2) is 0 Å². The highest BCUT2D eigenvalue weighted by molar-refractivity contribution is 4.91. The van der Waals surface area contributed by atoms with Crippen LogP contribution in [0.5, 0.6) is 0 Å². The molecule has 0 aromatic rings. The van der Waals surface area contributed by atoms with Crippen LogP contribution in [0, 0.1) is 5.41 Å². The van der Waals surface area contributed by atoms with E-state index in [1.807, 2.05) is 0 Å². The summed E-state index contributed by atoms with van der Waals surface area (Å²) in [5.41, 5.74) is 0.322. The number of rotatable bonds is 4. The average molecular weight is 269 g/mol. The molecule has 2 heterocycles. The predicted molar refractivity (Wildman–Crippen MR) is 79.5 cm³/mol. The van der Waals surface area contributed by atoms with Gasteiger partial charge in [0, 0.05) is 50.3 Å². The molecule has 2 aliphatic heterocycles. The third-order valence-electron chi connectivity index (χ3n) is 4.95. The van der Waals surface area contributed by atoms with Crippen molar-refractivity contribution < 1.29 is 4.74 Å². The van der Waals surface area contributed by atoms with Gasteiger partial charge < -0.3 is 10.1 Å². The lowest BCUT2D eigenvalue weighted by atomic mass is 9.81. The molecule has 2 saturated heterocycles. The highest BCUT2D eigenvalue weighted by Gasteiger charge is 2.36. The molecule has 112 valence electrons. The van der Waals surface area contributed by atoms with Gasteiger partial charge in [-0.05, 0) is 40.8 Å². The Morgan fingerprint density at radius 2 is 1.95 bits per heavy atom. The summed E-state index contributed by atoms with van der Waals surface area (Å²) in [5, 5.41) is 3.38. The maximum atomic E-state index is 5.78. The smallest absolute Gasteiger partial charge is 0.0546 e. The van der Waals surface area contributed by atoms with Gasteiger partial charge >= 0.3 is 0 Å². The van der Waals surface area contributed by atoms with E-state index in [-0.39, 0.29) is 0 Å². The minimum atomic E-state index is 0.322. The molecule has 0 radical (unpaired) electrons. The molecule has 0 aromatic heterocycles. The van der Waals surface area contributed by atoms with Gasteiger partial charge in [0.2, 0.25) is 0 Å². The van der Waals surface area contributed by atoms with Crippen LogP contribution in [0.1, 0.15) is 26.7 Å². The lowest BCUT2D eigenvalue weighted by Crippen LogP contribution is -2.58. The van der Waals surface area contributed by atoms with Crippen molar-refractivity contribution in [2.45, 2.75) is 38.8 Å². The van der Waals surface area contributed by atoms with Crippen LogP contribution in [0.2, 0.25) is 0 Å². The Bertz CT molecular complexity index is 261. The predicted octanol–water partition coefficient (Wildman–Crippen LogP) is 1.03. The van der Waals surface area contributed by atoms with Crippen molar-refractivity contribution in [2.24, 2.45) is 5.41 Å². The average Bonchev–Trinajstić information content (AvgIpc) is 2.37. The summed E-state index contributed by atoms with van der Waals surface area (Å²) >= 11 is 0. The van der Waals surface area contributed by atoms with E-state index in [0.29, 0.717) is 17.5 Å². The van der Waals surface area contributed by atoms with Gasteiger partial charge in [-0.25, -0.2) is 0 Å². The van der Waals surface area contributed by atoms with Gasteiger partial charge in [0.1, 0.15) is 0 Å². The maximum absolute atomic E-state index is 5.78. The standard InChI is InChI=1S/C15H31N3O/c1-13-8-18(9-14(2)17(13)4)11-15(10-16-3)6-5-7-19-12-15/h13-14,16H,5-12H2,1-4H3. The van der Waals surface area contributed by atoms with Crippen LogP contribution < -0.4 is 5.32 Å². The number of likely N-dealkylation sites (N-methyl/N-ethyl adjacent to an activating group) is 1. The van der Waals surface area contributed by atoms with Crippen molar-refractivity contribution in [3.8, 4) is 0 Å². The fraction of sp³-hybridized carbons (Fsp3) is 1.00. The third-order valence-corrected chi connectivity index (χ3v) is 4.95. The first-order valence-corrected chi connectivity index (χ1v) is 7.73. The Morgan fingerprint density at radius 1 is 1.26 bits per heavy atom. The molecular weight excluding hydrogens is 238 g/mol. The first-order valence-electron chi connectivity index (χ1n) is 7.73. The summed E-state index contributed by atoms with van der Waals surface area (Å²) < 4.78 is 5.78. The van der Waals surface area contributed by atoms with Gasteiger partial charge in [-0.2, -0.15) is 0 Å². The van der Waals surface area contributed by atoms with Crippen molar-refractivity contribution in [1.82, 2.24) is 15.1 Å². The van der Waals surface area contributed by atoms with Crippen LogP contribution in [-0.2, 0) is 4.74 Å². The van der Waals surface area contributed by atoms with Crippen molar-refractivity contribution >= 4 is 0 Å². The Hall–Kier alpha value is -0.160. The number of nitrogens with one attached hydrogen (secondary N) is 1. The molecule has 4 heteroatoms. The molecular formula is C15H31N3O. The van der Waals surface area contributed by atoms with E-state index in [4.69, 9.17) is 4.74 Å².